The summed E-state index contributed by atoms with van der Waals surface area (Å²) in [5.74, 6) is 0.454. The number of urea groups is 1. The SMILES string of the molecule is CCOC(=O)/C=C/c1ccc(NC(=O)NCCN2CCC(C)CC2)cc1. The molecule has 0 radical (unpaired) electrons. The van der Waals surface area contributed by atoms with Crippen molar-refractivity contribution in [3.8, 4) is 0 Å². The predicted molar refractivity (Wildman–Crippen MR) is 104 cm³/mol. The molecule has 1 aromatic carbocycles. The van der Waals surface area contributed by atoms with Crippen LogP contribution in [0.5, 0.6) is 0 Å². The van der Waals surface area contributed by atoms with Crippen molar-refractivity contribution in [3.63, 3.8) is 0 Å². The number of hydrogen-bond donors (Lipinski definition) is 2. The predicted octanol–water partition coefficient (Wildman–Crippen LogP) is 3.12. The van der Waals surface area contributed by atoms with Gasteiger partial charge in [0.2, 0.25) is 0 Å². The van der Waals surface area contributed by atoms with E-state index < -0.39 is 0 Å². The number of benzene rings is 1. The first-order chi connectivity index (χ1) is 12.6. The van der Waals surface area contributed by atoms with Gasteiger partial charge in [-0.2, -0.15) is 0 Å². The molecule has 1 heterocycles. The standard InChI is InChI=1S/C20H29N3O3/c1-3-26-19(24)9-6-17-4-7-18(8-5-17)22-20(25)21-12-15-23-13-10-16(2)11-14-23/h4-9,16H,3,10-15H2,1-2H3,(H2,21,22,25)/b9-6+. The normalized spacial score (nSPS) is 15.8. The maximum atomic E-state index is 12.0. The van der Waals surface area contributed by atoms with Crippen LogP contribution >= 0.6 is 0 Å². The van der Waals surface area contributed by atoms with Crippen molar-refractivity contribution in [2.24, 2.45) is 5.92 Å². The van der Waals surface area contributed by atoms with Gasteiger partial charge in [0.1, 0.15) is 0 Å². The zero-order chi connectivity index (χ0) is 18.8. The number of likely N-dealkylation sites (tertiary alicyclic amines) is 1. The fourth-order valence-corrected chi connectivity index (χ4v) is 2.82. The maximum Gasteiger partial charge on any atom is 0.330 e. The summed E-state index contributed by atoms with van der Waals surface area (Å²) in [6.45, 7) is 8.18. The Labute approximate surface area is 155 Å². The molecule has 6 nitrogen and oxygen atoms in total. The van der Waals surface area contributed by atoms with Crippen LogP contribution in [-0.4, -0.2) is 49.7 Å². The lowest BCUT2D eigenvalue weighted by Gasteiger charge is -2.30. The van der Waals surface area contributed by atoms with Crippen LogP contribution in [-0.2, 0) is 9.53 Å². The molecule has 2 amide bonds. The summed E-state index contributed by atoms with van der Waals surface area (Å²) in [5.41, 5.74) is 1.57. The molecule has 0 bridgehead atoms. The van der Waals surface area contributed by atoms with E-state index in [1.165, 1.54) is 18.9 Å². The van der Waals surface area contributed by atoms with Crippen molar-refractivity contribution in [2.75, 3.05) is 38.1 Å². The van der Waals surface area contributed by atoms with E-state index in [1.54, 1.807) is 25.1 Å². The van der Waals surface area contributed by atoms with E-state index in [0.717, 1.165) is 31.1 Å². The third kappa shape index (κ3) is 7.27. The lowest BCUT2D eigenvalue weighted by molar-refractivity contribution is -0.137. The Morgan fingerprint density at radius 1 is 1.23 bits per heavy atom. The topological polar surface area (TPSA) is 70.7 Å². The molecule has 0 atom stereocenters. The third-order valence-electron chi connectivity index (χ3n) is 4.46. The van der Waals surface area contributed by atoms with Crippen molar-refractivity contribution in [1.82, 2.24) is 10.2 Å². The summed E-state index contributed by atoms with van der Waals surface area (Å²) in [7, 11) is 0. The molecule has 2 rings (SSSR count). The summed E-state index contributed by atoms with van der Waals surface area (Å²) in [4.78, 5) is 25.6. The Bertz CT molecular complexity index is 605. The Morgan fingerprint density at radius 2 is 1.92 bits per heavy atom. The van der Waals surface area contributed by atoms with Crippen molar-refractivity contribution in [2.45, 2.75) is 26.7 Å². The second kappa shape index (κ2) is 10.6. The van der Waals surface area contributed by atoms with E-state index >= 15 is 0 Å². The minimum Gasteiger partial charge on any atom is -0.463 e. The van der Waals surface area contributed by atoms with E-state index in [-0.39, 0.29) is 12.0 Å². The molecule has 6 heteroatoms. The minimum absolute atomic E-state index is 0.204. The summed E-state index contributed by atoms with van der Waals surface area (Å²) < 4.78 is 4.83. The van der Waals surface area contributed by atoms with Gasteiger partial charge in [0.15, 0.2) is 0 Å². The number of anilines is 1. The van der Waals surface area contributed by atoms with E-state index in [1.807, 2.05) is 12.1 Å². The third-order valence-corrected chi connectivity index (χ3v) is 4.46. The van der Waals surface area contributed by atoms with Gasteiger partial charge in [0.05, 0.1) is 6.61 Å². The highest BCUT2D eigenvalue weighted by Crippen LogP contribution is 2.15. The number of hydrogen-bond acceptors (Lipinski definition) is 4. The lowest BCUT2D eigenvalue weighted by atomic mass is 9.99. The molecule has 0 aliphatic carbocycles. The van der Waals surface area contributed by atoms with Gasteiger partial charge >= 0.3 is 12.0 Å². The first-order valence-corrected chi connectivity index (χ1v) is 9.29. The number of carbonyl (C=O) groups excluding carboxylic acids is 2. The molecule has 1 saturated heterocycles. The molecule has 0 spiro atoms. The fourth-order valence-electron chi connectivity index (χ4n) is 2.82. The summed E-state index contributed by atoms with van der Waals surface area (Å²) >= 11 is 0. The molecule has 0 saturated carbocycles. The van der Waals surface area contributed by atoms with Crippen LogP contribution in [0.15, 0.2) is 30.3 Å². The molecule has 1 fully saturated rings. The molecule has 0 unspecified atom stereocenters. The summed E-state index contributed by atoms with van der Waals surface area (Å²) in [6.07, 6.45) is 5.55. The highest BCUT2D eigenvalue weighted by atomic mass is 16.5. The average molecular weight is 359 g/mol. The van der Waals surface area contributed by atoms with Crippen molar-refractivity contribution in [3.05, 3.63) is 35.9 Å². The summed E-state index contributed by atoms with van der Waals surface area (Å²) in [6, 6.07) is 7.07. The molecule has 1 aromatic rings. The maximum absolute atomic E-state index is 12.0. The highest BCUT2D eigenvalue weighted by Gasteiger charge is 2.15. The number of carbonyl (C=O) groups is 2. The van der Waals surface area contributed by atoms with Gasteiger partial charge in [0.25, 0.3) is 0 Å². The molecular weight excluding hydrogens is 330 g/mol. The minimum atomic E-state index is -0.364. The largest absolute Gasteiger partial charge is 0.463 e. The molecule has 0 aromatic heterocycles. The second-order valence-corrected chi connectivity index (χ2v) is 6.61. The lowest BCUT2D eigenvalue weighted by Crippen LogP contribution is -2.40. The van der Waals surface area contributed by atoms with Gasteiger partial charge in [-0.1, -0.05) is 19.1 Å². The van der Waals surface area contributed by atoms with Crippen LogP contribution in [0, 0.1) is 5.92 Å². The van der Waals surface area contributed by atoms with Gasteiger partial charge in [-0.3, -0.25) is 0 Å². The van der Waals surface area contributed by atoms with Gasteiger partial charge < -0.3 is 20.3 Å². The first kappa shape index (κ1) is 20.0. The number of esters is 1. The van der Waals surface area contributed by atoms with Gasteiger partial charge in [0, 0.05) is 24.9 Å². The number of rotatable bonds is 7. The second-order valence-electron chi connectivity index (χ2n) is 6.61. The molecule has 26 heavy (non-hydrogen) atoms. The smallest absolute Gasteiger partial charge is 0.330 e. The first-order valence-electron chi connectivity index (χ1n) is 9.29. The van der Waals surface area contributed by atoms with E-state index in [0.29, 0.717) is 18.8 Å². The van der Waals surface area contributed by atoms with Crippen molar-refractivity contribution < 1.29 is 14.3 Å². The Morgan fingerprint density at radius 3 is 2.58 bits per heavy atom. The van der Waals surface area contributed by atoms with Crippen LogP contribution in [0.1, 0.15) is 32.3 Å². The van der Waals surface area contributed by atoms with Crippen LogP contribution < -0.4 is 10.6 Å². The number of amides is 2. The van der Waals surface area contributed by atoms with Gasteiger partial charge in [-0.15, -0.1) is 0 Å². The average Bonchev–Trinajstić information content (AvgIpc) is 2.63. The number of piperidine rings is 1. The van der Waals surface area contributed by atoms with Gasteiger partial charge in [-0.05, 0) is 62.5 Å². The fraction of sp³-hybridized carbons (Fsp3) is 0.500. The molecule has 2 N–H and O–H groups in total. The number of nitrogens with one attached hydrogen (secondary N) is 2. The Hall–Kier alpha value is -2.34. The monoisotopic (exact) mass is 359 g/mol. The summed E-state index contributed by atoms with van der Waals surface area (Å²) in [5, 5.41) is 5.71. The van der Waals surface area contributed by atoms with Crippen LogP contribution in [0.2, 0.25) is 0 Å². The zero-order valence-corrected chi connectivity index (χ0v) is 15.7. The molecule has 1 aliphatic rings. The van der Waals surface area contributed by atoms with E-state index in [9.17, 15) is 9.59 Å². The van der Waals surface area contributed by atoms with Gasteiger partial charge in [-0.25, -0.2) is 9.59 Å². The highest BCUT2D eigenvalue weighted by molar-refractivity contribution is 5.90. The van der Waals surface area contributed by atoms with Crippen molar-refractivity contribution in [1.29, 1.82) is 0 Å². The quantitative estimate of drug-likeness (QED) is 0.580. The molecule has 1 aliphatic heterocycles. The zero-order valence-electron chi connectivity index (χ0n) is 15.7. The van der Waals surface area contributed by atoms with Crippen LogP contribution in [0.25, 0.3) is 6.08 Å². The van der Waals surface area contributed by atoms with Crippen LogP contribution in [0.4, 0.5) is 10.5 Å². The number of ether oxygens (including phenoxy) is 1. The number of nitrogens with zero attached hydrogens (tertiary/aromatic N) is 1. The Balaban J connectivity index is 1.69. The molecule has 142 valence electrons. The van der Waals surface area contributed by atoms with Crippen molar-refractivity contribution >= 4 is 23.8 Å². The molecular formula is C20H29N3O3. The van der Waals surface area contributed by atoms with Crippen LogP contribution in [0.3, 0.4) is 0 Å². The van der Waals surface area contributed by atoms with E-state index in [2.05, 4.69) is 22.5 Å². The van der Waals surface area contributed by atoms with E-state index in [4.69, 9.17) is 4.74 Å². The Kier molecular flexibility index (Phi) is 8.15.